The summed E-state index contributed by atoms with van der Waals surface area (Å²) in [5.41, 5.74) is 0.729. The lowest BCUT2D eigenvalue weighted by atomic mass is 10.1. The monoisotopic (exact) mass is 337 g/mol. The van der Waals surface area contributed by atoms with Crippen molar-refractivity contribution >= 4 is 46.3 Å². The molecule has 1 aromatic rings. The van der Waals surface area contributed by atoms with Gasteiger partial charge in [0.15, 0.2) is 0 Å². The topological polar surface area (TPSA) is 68.5 Å². The zero-order valence-corrected chi connectivity index (χ0v) is 13.6. The van der Waals surface area contributed by atoms with E-state index in [1.54, 1.807) is 37.5 Å². The van der Waals surface area contributed by atoms with Gasteiger partial charge < -0.3 is 14.5 Å². The van der Waals surface area contributed by atoms with E-state index in [0.29, 0.717) is 28.0 Å². The Hall–Kier alpha value is -1.86. The molecule has 7 heteroatoms. The lowest BCUT2D eigenvalue weighted by Crippen LogP contribution is -2.18. The number of carbonyl (C=O) groups is 2. The fraction of sp³-hybridized carbons (Fsp3) is 0.267. The number of hydrogen-bond acceptors (Lipinski definition) is 6. The minimum absolute atomic E-state index is 0.204. The number of ether oxygens (including phenoxy) is 1. The van der Waals surface area contributed by atoms with Crippen LogP contribution in [0.1, 0.15) is 25.5 Å². The van der Waals surface area contributed by atoms with Crippen LogP contribution >= 0.6 is 24.0 Å². The molecule has 0 saturated carbocycles. The Labute approximate surface area is 137 Å². The Balaban J connectivity index is 2.17. The predicted molar refractivity (Wildman–Crippen MR) is 89.0 cm³/mol. The zero-order valence-electron chi connectivity index (χ0n) is 12.0. The molecule has 1 saturated heterocycles. The fourth-order valence-electron chi connectivity index (χ4n) is 1.84. The van der Waals surface area contributed by atoms with Crippen LogP contribution in [0.2, 0.25) is 0 Å². The smallest absolute Gasteiger partial charge is 0.306 e. The quantitative estimate of drug-likeness (QED) is 0.489. The second-order valence-electron chi connectivity index (χ2n) is 4.35. The van der Waals surface area contributed by atoms with Crippen molar-refractivity contribution in [3.8, 4) is 0 Å². The van der Waals surface area contributed by atoms with Gasteiger partial charge >= 0.3 is 5.97 Å². The van der Waals surface area contributed by atoms with Gasteiger partial charge in [-0.25, -0.2) is 0 Å². The van der Waals surface area contributed by atoms with Crippen molar-refractivity contribution in [3.05, 3.63) is 40.7 Å². The molecule has 0 bridgehead atoms. The standard InChI is InChI=1S/C15H15NO4S2/c1-2-19-12(17)8-6-10(5-7-11-4-3-9-20-11)13-14(18)16-15(21)22-13/h3-5,7,9H,2,6,8H2,1H3,(H,16,18,21)/b7-5+,13-10-. The summed E-state index contributed by atoms with van der Waals surface area (Å²) in [6, 6.07) is 3.58. The molecule has 1 aromatic heterocycles. The number of rotatable bonds is 6. The first-order valence-electron chi connectivity index (χ1n) is 6.73. The molecular formula is C15H15NO4S2. The van der Waals surface area contributed by atoms with Gasteiger partial charge in [0.2, 0.25) is 0 Å². The molecule has 0 aliphatic carbocycles. The molecule has 0 atom stereocenters. The van der Waals surface area contributed by atoms with Crippen LogP contribution in [0, 0.1) is 0 Å². The first-order chi connectivity index (χ1) is 10.6. The fourth-order valence-corrected chi connectivity index (χ4v) is 2.95. The van der Waals surface area contributed by atoms with E-state index < -0.39 is 0 Å². The van der Waals surface area contributed by atoms with Crippen LogP contribution in [-0.2, 0) is 14.3 Å². The third-order valence-electron chi connectivity index (χ3n) is 2.80. The molecule has 1 aliphatic heterocycles. The van der Waals surface area contributed by atoms with Crippen molar-refractivity contribution in [2.24, 2.45) is 0 Å². The largest absolute Gasteiger partial charge is 0.466 e. The van der Waals surface area contributed by atoms with Crippen LogP contribution in [0.4, 0.5) is 0 Å². The summed E-state index contributed by atoms with van der Waals surface area (Å²) in [7, 11) is 0. The van der Waals surface area contributed by atoms with Gasteiger partial charge in [0, 0.05) is 6.42 Å². The van der Waals surface area contributed by atoms with Gasteiger partial charge in [-0.2, -0.15) is 0 Å². The average molecular weight is 337 g/mol. The van der Waals surface area contributed by atoms with E-state index in [1.165, 1.54) is 11.8 Å². The number of allylic oxidation sites excluding steroid dienone is 2. The lowest BCUT2D eigenvalue weighted by Gasteiger charge is -2.05. The number of amides is 1. The first-order valence-corrected chi connectivity index (χ1v) is 7.96. The van der Waals surface area contributed by atoms with E-state index >= 15 is 0 Å². The molecule has 1 aliphatic rings. The number of nitrogens with one attached hydrogen (secondary N) is 1. The van der Waals surface area contributed by atoms with Gasteiger partial charge in [-0.3, -0.25) is 9.59 Å². The van der Waals surface area contributed by atoms with E-state index in [9.17, 15) is 9.59 Å². The molecule has 0 unspecified atom stereocenters. The number of thiocarbonyl (C=S) groups is 1. The van der Waals surface area contributed by atoms with Crippen molar-refractivity contribution in [2.45, 2.75) is 19.8 Å². The maximum absolute atomic E-state index is 11.9. The normalized spacial score (nSPS) is 17.0. The Morgan fingerprint density at radius 3 is 2.91 bits per heavy atom. The van der Waals surface area contributed by atoms with Crippen molar-refractivity contribution in [3.63, 3.8) is 0 Å². The third kappa shape index (κ3) is 4.57. The summed E-state index contributed by atoms with van der Waals surface area (Å²) in [5.74, 6) is 0.135. The Kier molecular flexibility index (Phi) is 5.97. The Morgan fingerprint density at radius 2 is 2.32 bits per heavy atom. The van der Waals surface area contributed by atoms with Gasteiger partial charge in [-0.05, 0) is 37.1 Å². The van der Waals surface area contributed by atoms with Crippen LogP contribution in [0.5, 0.6) is 0 Å². The van der Waals surface area contributed by atoms with E-state index in [-0.39, 0.29) is 18.3 Å². The van der Waals surface area contributed by atoms with E-state index in [4.69, 9.17) is 21.4 Å². The minimum atomic E-state index is -0.294. The highest BCUT2D eigenvalue weighted by Gasteiger charge is 2.25. The number of thioether (sulfide) groups is 1. The molecule has 1 N–H and O–H groups in total. The number of furan rings is 1. The third-order valence-corrected chi connectivity index (χ3v) is 4.10. The van der Waals surface area contributed by atoms with Crippen LogP contribution in [0.3, 0.4) is 0 Å². The first kappa shape index (κ1) is 16.5. The van der Waals surface area contributed by atoms with E-state index in [1.807, 2.05) is 0 Å². The number of esters is 1. The highest BCUT2D eigenvalue weighted by molar-refractivity contribution is 8.26. The molecular weight excluding hydrogens is 322 g/mol. The van der Waals surface area contributed by atoms with E-state index in [0.717, 1.165) is 5.57 Å². The number of carbonyl (C=O) groups excluding carboxylic acids is 2. The predicted octanol–water partition coefficient (Wildman–Crippen LogP) is 3.04. The van der Waals surface area contributed by atoms with E-state index in [2.05, 4.69) is 5.32 Å². The van der Waals surface area contributed by atoms with Gasteiger partial charge in [-0.1, -0.05) is 30.1 Å². The summed E-state index contributed by atoms with van der Waals surface area (Å²) >= 11 is 6.20. The maximum atomic E-state index is 11.9. The number of hydrogen-bond donors (Lipinski definition) is 1. The molecule has 5 nitrogen and oxygen atoms in total. The van der Waals surface area contributed by atoms with Crippen molar-refractivity contribution in [1.82, 2.24) is 5.32 Å². The molecule has 1 amide bonds. The second kappa shape index (κ2) is 7.95. The lowest BCUT2D eigenvalue weighted by molar-refractivity contribution is -0.143. The summed E-state index contributed by atoms with van der Waals surface area (Å²) in [5, 5.41) is 2.58. The van der Waals surface area contributed by atoms with Crippen LogP contribution < -0.4 is 5.32 Å². The summed E-state index contributed by atoms with van der Waals surface area (Å²) in [4.78, 5) is 23.9. The van der Waals surface area contributed by atoms with Crippen molar-refractivity contribution < 1.29 is 18.7 Å². The molecule has 0 aromatic carbocycles. The van der Waals surface area contributed by atoms with Crippen LogP contribution in [-0.4, -0.2) is 22.8 Å². The molecule has 0 spiro atoms. The van der Waals surface area contributed by atoms with Gasteiger partial charge in [0.1, 0.15) is 10.1 Å². The Morgan fingerprint density at radius 1 is 1.50 bits per heavy atom. The minimum Gasteiger partial charge on any atom is -0.466 e. The highest BCUT2D eigenvalue weighted by Crippen LogP contribution is 2.30. The molecule has 2 rings (SSSR count). The summed E-state index contributed by atoms with van der Waals surface area (Å²) < 4.78 is 10.6. The molecule has 116 valence electrons. The molecule has 2 heterocycles. The highest BCUT2D eigenvalue weighted by atomic mass is 32.2. The zero-order chi connectivity index (χ0) is 15.9. The van der Waals surface area contributed by atoms with Gasteiger partial charge in [0.25, 0.3) is 5.91 Å². The summed E-state index contributed by atoms with van der Waals surface area (Å²) in [6.07, 6.45) is 5.69. The maximum Gasteiger partial charge on any atom is 0.306 e. The van der Waals surface area contributed by atoms with Crippen LogP contribution in [0.15, 0.2) is 39.4 Å². The molecule has 22 heavy (non-hydrogen) atoms. The van der Waals surface area contributed by atoms with Gasteiger partial charge in [-0.15, -0.1) is 0 Å². The van der Waals surface area contributed by atoms with Crippen molar-refractivity contribution in [2.75, 3.05) is 6.61 Å². The van der Waals surface area contributed by atoms with Crippen molar-refractivity contribution in [1.29, 1.82) is 0 Å². The van der Waals surface area contributed by atoms with Gasteiger partial charge in [0.05, 0.1) is 17.8 Å². The SMILES string of the molecule is CCOC(=O)CCC(/C=C/c1ccco1)=C1\SC(=S)NC1=O. The Bertz CT molecular complexity index is 632. The van der Waals surface area contributed by atoms with Crippen LogP contribution in [0.25, 0.3) is 6.08 Å². The average Bonchev–Trinajstić information content (AvgIpc) is 3.09. The molecule has 1 fully saturated rings. The summed E-state index contributed by atoms with van der Waals surface area (Å²) in [6.45, 7) is 2.10. The second-order valence-corrected chi connectivity index (χ2v) is 6.04. The molecule has 0 radical (unpaired) electrons.